The number of Topliss-reactive ketones (excluding diaryl/α,β-unsaturated/α-hetero) is 1. The first kappa shape index (κ1) is 25.3. The van der Waals surface area contributed by atoms with Crippen LogP contribution in [-0.2, 0) is 11.2 Å². The summed E-state index contributed by atoms with van der Waals surface area (Å²) >= 11 is 1.02. The van der Waals surface area contributed by atoms with Crippen LogP contribution in [-0.4, -0.2) is 27.6 Å². The van der Waals surface area contributed by atoms with Gasteiger partial charge in [-0.3, -0.25) is 4.79 Å². The molecule has 0 atom stereocenters. The second kappa shape index (κ2) is 11.2. The van der Waals surface area contributed by atoms with Crippen molar-refractivity contribution in [3.05, 3.63) is 94.6 Å². The predicted octanol–water partition coefficient (Wildman–Crippen LogP) is 0.205. The van der Waals surface area contributed by atoms with Crippen molar-refractivity contribution in [1.29, 1.82) is 5.26 Å². The zero-order chi connectivity index (χ0) is 23.4. The summed E-state index contributed by atoms with van der Waals surface area (Å²) in [4.78, 5) is 25.9. The van der Waals surface area contributed by atoms with E-state index in [0.717, 1.165) is 11.7 Å². The Hall–Kier alpha value is -3.35. The van der Waals surface area contributed by atoms with Crippen LogP contribution < -0.4 is 39.4 Å². The molecule has 0 aliphatic heterocycles. The zero-order valence-electron chi connectivity index (χ0n) is 18.4. The molecular weight excluding hydrogens is 461 g/mol. The van der Waals surface area contributed by atoms with Gasteiger partial charge in [-0.05, 0) is 59.7 Å². The van der Waals surface area contributed by atoms with E-state index in [9.17, 15) is 14.7 Å². The van der Waals surface area contributed by atoms with Crippen molar-refractivity contribution in [3.63, 3.8) is 0 Å². The molecule has 0 N–H and O–H groups in total. The van der Waals surface area contributed by atoms with E-state index in [1.807, 2.05) is 6.07 Å². The van der Waals surface area contributed by atoms with Crippen molar-refractivity contribution < 1.29 is 49.0 Å². The van der Waals surface area contributed by atoms with Crippen LogP contribution in [0.1, 0.15) is 27.0 Å². The third-order valence-electron chi connectivity index (χ3n) is 5.14. The van der Waals surface area contributed by atoms with Crippen molar-refractivity contribution in [3.8, 4) is 11.8 Å². The van der Waals surface area contributed by atoms with Gasteiger partial charge in [0.05, 0.1) is 36.4 Å². The summed E-state index contributed by atoms with van der Waals surface area (Å²) in [7, 11) is 1.52. The van der Waals surface area contributed by atoms with Gasteiger partial charge in [0.15, 0.2) is 5.78 Å². The standard InChI is InChI=1S/C25H17N3O4S.Na/c1-32-19-9-6-17(7-10-19)24(29)20(12-15-2-4-16(14-26)5-3-15)23(25(30)31)18-8-11-21-22(13-18)28-33-27-21;/h2-11,13H,12H2,1H3,(H,30,31);/q;+1/p-1. The second-order valence-corrected chi connectivity index (χ2v) is 7.68. The Balaban J connectivity index is 0.00000324. The predicted molar refractivity (Wildman–Crippen MR) is 122 cm³/mol. The van der Waals surface area contributed by atoms with Gasteiger partial charge in [0.1, 0.15) is 16.8 Å². The van der Waals surface area contributed by atoms with Crippen molar-refractivity contribution in [2.24, 2.45) is 0 Å². The molecule has 0 unspecified atom stereocenters. The summed E-state index contributed by atoms with van der Waals surface area (Å²) in [6.45, 7) is 0. The monoisotopic (exact) mass is 477 g/mol. The van der Waals surface area contributed by atoms with E-state index >= 15 is 0 Å². The Morgan fingerprint density at radius 2 is 1.62 bits per heavy atom. The van der Waals surface area contributed by atoms with Gasteiger partial charge in [0.25, 0.3) is 0 Å². The first-order valence-corrected chi connectivity index (χ1v) is 10.6. The van der Waals surface area contributed by atoms with Crippen molar-refractivity contribution in [2.75, 3.05) is 7.11 Å². The summed E-state index contributed by atoms with van der Waals surface area (Å²) in [5, 5.41) is 21.4. The minimum Gasteiger partial charge on any atom is -0.545 e. The Kier molecular flexibility index (Phi) is 8.31. The van der Waals surface area contributed by atoms with Crippen LogP contribution in [0.25, 0.3) is 16.6 Å². The normalized spacial score (nSPS) is 11.2. The minimum absolute atomic E-state index is 0. The molecule has 0 spiro atoms. The van der Waals surface area contributed by atoms with E-state index in [-0.39, 0.29) is 47.1 Å². The molecule has 4 rings (SSSR count). The van der Waals surface area contributed by atoms with E-state index in [0.29, 0.717) is 39.0 Å². The third kappa shape index (κ3) is 5.41. The molecule has 7 nitrogen and oxygen atoms in total. The SMILES string of the molecule is COc1ccc(C(=O)C(Cc2ccc(C#N)cc2)=C(C(=O)[O-])c2ccc3nsnc3c2)cc1.[Na+]. The summed E-state index contributed by atoms with van der Waals surface area (Å²) in [5.74, 6) is -1.34. The molecule has 4 aromatic rings. The van der Waals surface area contributed by atoms with Gasteiger partial charge in [0.2, 0.25) is 0 Å². The Morgan fingerprint density at radius 1 is 0.971 bits per heavy atom. The molecule has 0 amide bonds. The Morgan fingerprint density at radius 3 is 2.24 bits per heavy atom. The van der Waals surface area contributed by atoms with Crippen LogP contribution in [0.4, 0.5) is 0 Å². The summed E-state index contributed by atoms with van der Waals surface area (Å²) in [6.07, 6.45) is 0.0350. The van der Waals surface area contributed by atoms with E-state index in [1.165, 1.54) is 7.11 Å². The number of rotatable bonds is 7. The molecule has 9 heteroatoms. The second-order valence-electron chi connectivity index (χ2n) is 7.15. The van der Waals surface area contributed by atoms with Crippen molar-refractivity contribution >= 4 is 40.1 Å². The number of fused-ring (bicyclic) bond motifs is 1. The number of allylic oxidation sites excluding steroid dienone is 1. The van der Waals surface area contributed by atoms with Crippen LogP contribution in [0.3, 0.4) is 0 Å². The van der Waals surface area contributed by atoms with Gasteiger partial charge in [0, 0.05) is 23.1 Å². The summed E-state index contributed by atoms with van der Waals surface area (Å²) < 4.78 is 13.5. The van der Waals surface area contributed by atoms with Gasteiger partial charge in [-0.1, -0.05) is 18.2 Å². The average molecular weight is 477 g/mol. The third-order valence-corrected chi connectivity index (χ3v) is 5.70. The number of methoxy groups -OCH3 is 1. The zero-order valence-corrected chi connectivity index (χ0v) is 21.3. The van der Waals surface area contributed by atoms with Crippen molar-refractivity contribution in [2.45, 2.75) is 6.42 Å². The number of carboxylic acids is 1. The smallest absolute Gasteiger partial charge is 0.545 e. The number of aromatic nitrogens is 2. The average Bonchev–Trinajstić information content (AvgIpc) is 3.31. The molecule has 0 saturated carbocycles. The number of hydrogen-bond donors (Lipinski definition) is 0. The van der Waals surface area contributed by atoms with Crippen molar-refractivity contribution in [1.82, 2.24) is 8.75 Å². The van der Waals surface area contributed by atoms with E-state index < -0.39 is 11.8 Å². The Bertz CT molecular complexity index is 1420. The quantitative estimate of drug-likeness (QED) is 0.212. The van der Waals surface area contributed by atoms with Crippen LogP contribution in [0.2, 0.25) is 0 Å². The first-order chi connectivity index (χ1) is 16.0. The largest absolute Gasteiger partial charge is 1.00 e. The van der Waals surface area contributed by atoms with Gasteiger partial charge >= 0.3 is 29.6 Å². The number of nitrogens with zero attached hydrogens (tertiary/aromatic N) is 3. The molecule has 0 aliphatic rings. The molecule has 3 aromatic carbocycles. The van der Waals surface area contributed by atoms with Crippen LogP contribution in [0.15, 0.2) is 72.3 Å². The minimum atomic E-state index is -1.47. The van der Waals surface area contributed by atoms with Gasteiger partial charge in [-0.15, -0.1) is 0 Å². The number of carbonyl (C=O) groups is 2. The molecule has 0 radical (unpaired) electrons. The topological polar surface area (TPSA) is 116 Å². The maximum atomic E-state index is 13.5. The van der Waals surface area contributed by atoms with Crippen LogP contribution >= 0.6 is 11.7 Å². The molecular formula is C25H16N3NaO4S. The van der Waals surface area contributed by atoms with E-state index in [4.69, 9.17) is 10.00 Å². The number of benzene rings is 3. The summed E-state index contributed by atoms with van der Waals surface area (Å²) in [5.41, 5.74) is 2.79. The maximum absolute atomic E-state index is 13.5. The molecule has 34 heavy (non-hydrogen) atoms. The van der Waals surface area contributed by atoms with Gasteiger partial charge in [-0.2, -0.15) is 14.0 Å². The molecule has 162 valence electrons. The summed E-state index contributed by atoms with van der Waals surface area (Å²) in [6, 6.07) is 20.0. The number of aliphatic carboxylic acids is 1. The van der Waals surface area contributed by atoms with Crippen LogP contribution in [0, 0.1) is 11.3 Å². The molecule has 0 saturated heterocycles. The van der Waals surface area contributed by atoms with Gasteiger partial charge < -0.3 is 14.6 Å². The molecule has 1 heterocycles. The molecule has 0 fully saturated rings. The van der Waals surface area contributed by atoms with Gasteiger partial charge in [-0.25, -0.2) is 0 Å². The maximum Gasteiger partial charge on any atom is 1.00 e. The number of hydrogen-bond acceptors (Lipinski definition) is 8. The van der Waals surface area contributed by atoms with E-state index in [2.05, 4.69) is 8.75 Å². The number of ketones is 1. The van der Waals surface area contributed by atoms with E-state index in [1.54, 1.807) is 66.7 Å². The number of carboxylic acid groups (broad SMARTS) is 1. The number of ether oxygens (including phenoxy) is 1. The fourth-order valence-corrected chi connectivity index (χ4v) is 3.97. The molecule has 1 aromatic heterocycles. The number of carbonyl (C=O) groups excluding carboxylic acids is 2. The number of nitriles is 1. The van der Waals surface area contributed by atoms with Crippen LogP contribution in [0.5, 0.6) is 5.75 Å². The molecule has 0 bridgehead atoms. The molecule has 0 aliphatic carbocycles. The Labute approximate surface area is 221 Å². The fraction of sp³-hybridized carbons (Fsp3) is 0.0800. The first-order valence-electron chi connectivity index (χ1n) is 9.85. The fourth-order valence-electron chi connectivity index (χ4n) is 3.45.